The third kappa shape index (κ3) is 5.10. The Hall–Kier alpha value is -3.16. The third-order valence-corrected chi connectivity index (χ3v) is 6.72. The molecule has 2 aromatic carbocycles. The van der Waals surface area contributed by atoms with Gasteiger partial charge in [-0.1, -0.05) is 53.7 Å². The summed E-state index contributed by atoms with van der Waals surface area (Å²) in [7, 11) is 0. The number of carbonyl (C=O) groups excluding carboxylic acids is 1. The SMILES string of the molecule is CCN(CC)C(=O)[C@H](Sc1nnc(-c2ccncc2)n1-c1ccc(Cl)cc1)c1ccccc1. The molecule has 8 heteroatoms. The lowest BCUT2D eigenvalue weighted by molar-refractivity contribution is -0.130. The van der Waals surface area contributed by atoms with Crippen LogP contribution >= 0.6 is 23.4 Å². The first kappa shape index (κ1) is 23.0. The highest BCUT2D eigenvalue weighted by Gasteiger charge is 2.29. The minimum absolute atomic E-state index is 0.0484. The fourth-order valence-corrected chi connectivity index (χ4v) is 4.82. The van der Waals surface area contributed by atoms with Crippen molar-refractivity contribution in [2.75, 3.05) is 13.1 Å². The number of thioether (sulfide) groups is 1. The molecule has 0 bridgehead atoms. The van der Waals surface area contributed by atoms with Crippen molar-refractivity contribution in [2.24, 2.45) is 0 Å². The summed E-state index contributed by atoms with van der Waals surface area (Å²) in [6.45, 7) is 5.27. The van der Waals surface area contributed by atoms with E-state index in [2.05, 4.69) is 15.2 Å². The smallest absolute Gasteiger partial charge is 0.240 e. The predicted molar refractivity (Wildman–Crippen MR) is 133 cm³/mol. The highest BCUT2D eigenvalue weighted by atomic mass is 35.5. The van der Waals surface area contributed by atoms with Crippen LogP contribution in [-0.4, -0.2) is 43.6 Å². The molecule has 0 aliphatic carbocycles. The topological polar surface area (TPSA) is 63.9 Å². The molecule has 0 N–H and O–H groups in total. The largest absolute Gasteiger partial charge is 0.342 e. The second-order valence-electron chi connectivity index (χ2n) is 7.27. The lowest BCUT2D eigenvalue weighted by Gasteiger charge is -2.25. The molecule has 33 heavy (non-hydrogen) atoms. The molecule has 0 radical (unpaired) electrons. The van der Waals surface area contributed by atoms with Gasteiger partial charge in [0.2, 0.25) is 5.91 Å². The van der Waals surface area contributed by atoms with Gasteiger partial charge in [0, 0.05) is 41.8 Å². The molecule has 1 atom stereocenters. The Balaban J connectivity index is 1.82. The molecule has 0 unspecified atom stereocenters. The van der Waals surface area contributed by atoms with E-state index in [4.69, 9.17) is 11.6 Å². The molecule has 0 aliphatic rings. The third-order valence-electron chi connectivity index (χ3n) is 5.28. The Bertz CT molecular complexity index is 1190. The molecule has 6 nitrogen and oxygen atoms in total. The van der Waals surface area contributed by atoms with Crippen molar-refractivity contribution >= 4 is 29.3 Å². The van der Waals surface area contributed by atoms with Crippen molar-refractivity contribution in [2.45, 2.75) is 24.3 Å². The zero-order chi connectivity index (χ0) is 23.2. The van der Waals surface area contributed by atoms with Gasteiger partial charge in [-0.3, -0.25) is 14.3 Å². The average Bonchev–Trinajstić information content (AvgIpc) is 3.28. The maximum absolute atomic E-state index is 13.5. The van der Waals surface area contributed by atoms with E-state index in [0.29, 0.717) is 29.1 Å². The molecule has 2 aromatic heterocycles. The number of rotatable bonds is 8. The monoisotopic (exact) mass is 477 g/mol. The van der Waals surface area contributed by atoms with Gasteiger partial charge < -0.3 is 4.90 Å². The van der Waals surface area contributed by atoms with Crippen molar-refractivity contribution in [1.29, 1.82) is 0 Å². The van der Waals surface area contributed by atoms with Crippen LogP contribution < -0.4 is 0 Å². The number of aromatic nitrogens is 4. The molecule has 4 rings (SSSR count). The molecule has 168 valence electrons. The van der Waals surface area contributed by atoms with Gasteiger partial charge in [-0.25, -0.2) is 0 Å². The normalized spacial score (nSPS) is 11.8. The van der Waals surface area contributed by atoms with Crippen molar-refractivity contribution in [3.8, 4) is 17.1 Å². The molecule has 0 aliphatic heterocycles. The van der Waals surface area contributed by atoms with E-state index in [1.165, 1.54) is 11.8 Å². The minimum atomic E-state index is -0.452. The van der Waals surface area contributed by atoms with Gasteiger partial charge in [-0.05, 0) is 55.8 Å². The minimum Gasteiger partial charge on any atom is -0.342 e. The summed E-state index contributed by atoms with van der Waals surface area (Å²) in [4.78, 5) is 19.5. The fourth-order valence-electron chi connectivity index (χ4n) is 3.55. The summed E-state index contributed by atoms with van der Waals surface area (Å²) in [5.41, 5.74) is 2.67. The van der Waals surface area contributed by atoms with Crippen molar-refractivity contribution < 1.29 is 4.79 Å². The van der Waals surface area contributed by atoms with Gasteiger partial charge in [0.1, 0.15) is 5.25 Å². The van der Waals surface area contributed by atoms with Crippen molar-refractivity contribution in [1.82, 2.24) is 24.6 Å². The Kier molecular flexibility index (Phi) is 7.42. The summed E-state index contributed by atoms with van der Waals surface area (Å²) < 4.78 is 1.96. The first-order chi connectivity index (χ1) is 16.1. The van der Waals surface area contributed by atoms with Gasteiger partial charge in [0.05, 0.1) is 0 Å². The Labute approximate surface area is 202 Å². The summed E-state index contributed by atoms with van der Waals surface area (Å²) in [5, 5.41) is 9.80. The van der Waals surface area contributed by atoms with E-state index in [-0.39, 0.29) is 5.91 Å². The Morgan fingerprint density at radius 2 is 1.64 bits per heavy atom. The van der Waals surface area contributed by atoms with E-state index in [0.717, 1.165) is 16.8 Å². The van der Waals surface area contributed by atoms with E-state index >= 15 is 0 Å². The summed E-state index contributed by atoms with van der Waals surface area (Å²) in [5.74, 6) is 0.719. The highest BCUT2D eigenvalue weighted by Crippen LogP contribution is 2.38. The molecule has 0 fully saturated rings. The average molecular weight is 478 g/mol. The number of carbonyl (C=O) groups is 1. The molecular weight excluding hydrogens is 454 g/mol. The molecule has 4 aromatic rings. The number of nitrogens with zero attached hydrogens (tertiary/aromatic N) is 5. The quantitative estimate of drug-likeness (QED) is 0.305. The first-order valence-electron chi connectivity index (χ1n) is 10.7. The molecule has 1 amide bonds. The Morgan fingerprint density at radius 3 is 2.27 bits per heavy atom. The number of benzene rings is 2. The molecule has 0 saturated heterocycles. The van der Waals surface area contributed by atoms with Gasteiger partial charge in [0.15, 0.2) is 11.0 Å². The number of hydrogen-bond acceptors (Lipinski definition) is 5. The number of amides is 1. The van der Waals surface area contributed by atoms with Crippen LogP contribution in [0.4, 0.5) is 0 Å². The first-order valence-corrected chi connectivity index (χ1v) is 12.0. The van der Waals surface area contributed by atoms with Gasteiger partial charge in [-0.15, -0.1) is 10.2 Å². The standard InChI is InChI=1S/C25H24ClN5OS/c1-3-30(4-2)24(32)22(18-8-6-5-7-9-18)33-25-29-28-23(19-14-16-27-17-15-19)31(25)21-12-10-20(26)11-13-21/h5-17,22H,3-4H2,1-2H3/t22-/m1/s1. The number of likely N-dealkylation sites (N-methyl/N-ethyl adjacent to an activating group) is 1. The van der Waals surface area contributed by atoms with Crippen LogP contribution in [0.2, 0.25) is 5.02 Å². The fraction of sp³-hybridized carbons (Fsp3) is 0.200. The van der Waals surface area contributed by atoms with Gasteiger partial charge >= 0.3 is 0 Å². The van der Waals surface area contributed by atoms with E-state index in [1.807, 2.05) is 90.0 Å². The molecule has 0 spiro atoms. The van der Waals surface area contributed by atoms with Crippen LogP contribution in [0.5, 0.6) is 0 Å². The Morgan fingerprint density at radius 1 is 0.970 bits per heavy atom. The van der Waals surface area contributed by atoms with Crippen LogP contribution in [0, 0.1) is 0 Å². The van der Waals surface area contributed by atoms with Crippen LogP contribution in [-0.2, 0) is 4.79 Å². The van der Waals surface area contributed by atoms with Crippen LogP contribution in [0.1, 0.15) is 24.7 Å². The predicted octanol–water partition coefficient (Wildman–Crippen LogP) is 5.68. The van der Waals surface area contributed by atoms with Crippen molar-refractivity contribution in [3.05, 3.63) is 89.7 Å². The molecular formula is C25H24ClN5OS. The van der Waals surface area contributed by atoms with Crippen LogP contribution in [0.15, 0.2) is 84.3 Å². The summed E-state index contributed by atoms with van der Waals surface area (Å²) in [6.07, 6.45) is 3.44. The maximum Gasteiger partial charge on any atom is 0.240 e. The lowest BCUT2D eigenvalue weighted by Crippen LogP contribution is -2.34. The molecule has 2 heterocycles. The highest BCUT2D eigenvalue weighted by molar-refractivity contribution is 8.00. The maximum atomic E-state index is 13.5. The van der Waals surface area contributed by atoms with Crippen molar-refractivity contribution in [3.63, 3.8) is 0 Å². The number of pyridine rings is 1. The van der Waals surface area contributed by atoms with Gasteiger partial charge in [0.25, 0.3) is 0 Å². The second kappa shape index (κ2) is 10.6. The number of halogens is 1. The van der Waals surface area contributed by atoms with Crippen LogP contribution in [0.3, 0.4) is 0 Å². The van der Waals surface area contributed by atoms with E-state index in [9.17, 15) is 4.79 Å². The summed E-state index contributed by atoms with van der Waals surface area (Å²) >= 11 is 7.54. The van der Waals surface area contributed by atoms with Gasteiger partial charge in [-0.2, -0.15) is 0 Å². The summed E-state index contributed by atoms with van der Waals surface area (Å²) in [6, 6.07) is 21.1. The zero-order valence-electron chi connectivity index (χ0n) is 18.4. The second-order valence-corrected chi connectivity index (χ2v) is 8.78. The lowest BCUT2D eigenvalue weighted by atomic mass is 10.1. The number of hydrogen-bond donors (Lipinski definition) is 0. The van der Waals surface area contributed by atoms with Crippen LogP contribution in [0.25, 0.3) is 17.1 Å². The van der Waals surface area contributed by atoms with E-state index in [1.54, 1.807) is 12.4 Å². The molecule has 0 saturated carbocycles. The van der Waals surface area contributed by atoms with E-state index < -0.39 is 5.25 Å². The zero-order valence-corrected chi connectivity index (χ0v) is 20.0.